The second-order valence-electron chi connectivity index (χ2n) is 2.48. The van der Waals surface area contributed by atoms with Crippen molar-refractivity contribution < 1.29 is 14.6 Å². The first-order chi connectivity index (χ1) is 6.31. The van der Waals surface area contributed by atoms with Crippen molar-refractivity contribution >= 4 is 5.97 Å². The number of carbonyl (C=O) groups is 1. The van der Waals surface area contributed by atoms with Crippen molar-refractivity contribution in [1.29, 1.82) is 0 Å². The summed E-state index contributed by atoms with van der Waals surface area (Å²) >= 11 is 0. The molecule has 0 saturated heterocycles. The predicted molar refractivity (Wildman–Crippen MR) is 51.2 cm³/mol. The third-order valence-electron chi connectivity index (χ3n) is 1.45. The van der Waals surface area contributed by atoms with Gasteiger partial charge in [0, 0.05) is 6.42 Å². The van der Waals surface area contributed by atoms with Crippen LogP contribution < -0.4 is 0 Å². The largest absolute Gasteiger partial charge is 0.469 e. The van der Waals surface area contributed by atoms with E-state index in [1.54, 1.807) is 6.08 Å². The Morgan fingerprint density at radius 2 is 2.00 bits per heavy atom. The lowest BCUT2D eigenvalue weighted by atomic mass is 10.2. The van der Waals surface area contributed by atoms with Crippen LogP contribution in [-0.2, 0) is 9.53 Å². The van der Waals surface area contributed by atoms with E-state index in [1.807, 2.05) is 18.2 Å². The lowest BCUT2D eigenvalue weighted by Crippen LogP contribution is -1.97. The van der Waals surface area contributed by atoms with Gasteiger partial charge in [0.15, 0.2) is 0 Å². The Labute approximate surface area is 78.7 Å². The fourth-order valence-electron chi connectivity index (χ4n) is 0.767. The van der Waals surface area contributed by atoms with E-state index in [-0.39, 0.29) is 12.6 Å². The zero-order chi connectivity index (χ0) is 9.94. The van der Waals surface area contributed by atoms with Crippen molar-refractivity contribution in [1.82, 2.24) is 0 Å². The Bertz CT molecular complexity index is 183. The Balaban J connectivity index is 3.31. The first kappa shape index (κ1) is 11.9. The Morgan fingerprint density at radius 1 is 1.31 bits per heavy atom. The van der Waals surface area contributed by atoms with E-state index in [0.717, 1.165) is 6.42 Å². The van der Waals surface area contributed by atoms with Crippen LogP contribution in [0.3, 0.4) is 0 Å². The van der Waals surface area contributed by atoms with Crippen LogP contribution in [0.4, 0.5) is 0 Å². The van der Waals surface area contributed by atoms with Crippen LogP contribution in [0.2, 0.25) is 0 Å². The number of hydrogen-bond donors (Lipinski definition) is 1. The zero-order valence-electron chi connectivity index (χ0n) is 7.90. The van der Waals surface area contributed by atoms with Gasteiger partial charge in [0.25, 0.3) is 0 Å². The van der Waals surface area contributed by atoms with Gasteiger partial charge in [-0.05, 0) is 12.8 Å². The van der Waals surface area contributed by atoms with Crippen molar-refractivity contribution in [2.45, 2.75) is 19.3 Å². The fourth-order valence-corrected chi connectivity index (χ4v) is 0.767. The molecule has 1 N–H and O–H groups in total. The number of rotatable bonds is 6. The Morgan fingerprint density at radius 3 is 2.62 bits per heavy atom. The molecule has 0 aromatic rings. The van der Waals surface area contributed by atoms with Crippen LogP contribution in [0, 0.1) is 0 Å². The van der Waals surface area contributed by atoms with Crippen molar-refractivity contribution in [3.8, 4) is 0 Å². The molecule has 0 atom stereocenters. The maximum Gasteiger partial charge on any atom is 0.305 e. The minimum Gasteiger partial charge on any atom is -0.469 e. The number of hydrogen-bond acceptors (Lipinski definition) is 3. The molecule has 0 bridgehead atoms. The highest BCUT2D eigenvalue weighted by atomic mass is 16.5. The van der Waals surface area contributed by atoms with Crippen molar-refractivity contribution in [2.24, 2.45) is 0 Å². The van der Waals surface area contributed by atoms with E-state index >= 15 is 0 Å². The predicted octanol–water partition coefficient (Wildman–Crippen LogP) is 1.43. The molecule has 0 aromatic carbocycles. The third kappa shape index (κ3) is 8.82. The van der Waals surface area contributed by atoms with Crippen LogP contribution in [0.25, 0.3) is 0 Å². The molecule has 0 unspecified atom stereocenters. The van der Waals surface area contributed by atoms with Gasteiger partial charge in [0.2, 0.25) is 0 Å². The molecule has 0 radical (unpaired) electrons. The maximum absolute atomic E-state index is 10.6. The number of ether oxygens (including phenoxy) is 1. The summed E-state index contributed by atoms with van der Waals surface area (Å²) in [5, 5.41) is 8.40. The molecule has 3 nitrogen and oxygen atoms in total. The molecular weight excluding hydrogens is 168 g/mol. The third-order valence-corrected chi connectivity index (χ3v) is 1.45. The Kier molecular flexibility index (Phi) is 8.25. The maximum atomic E-state index is 10.6. The molecule has 0 heterocycles. The highest BCUT2D eigenvalue weighted by Gasteiger charge is 1.94. The van der Waals surface area contributed by atoms with E-state index in [2.05, 4.69) is 4.74 Å². The average Bonchev–Trinajstić information content (AvgIpc) is 2.16. The van der Waals surface area contributed by atoms with Gasteiger partial charge in [0.1, 0.15) is 0 Å². The molecule has 0 aliphatic carbocycles. The molecule has 3 heteroatoms. The molecule has 0 aliphatic rings. The van der Waals surface area contributed by atoms with Crippen LogP contribution in [0.15, 0.2) is 24.3 Å². The van der Waals surface area contributed by atoms with Crippen LogP contribution in [0.1, 0.15) is 19.3 Å². The second-order valence-corrected chi connectivity index (χ2v) is 2.48. The average molecular weight is 184 g/mol. The summed E-state index contributed by atoms with van der Waals surface area (Å²) in [6, 6.07) is 0. The summed E-state index contributed by atoms with van der Waals surface area (Å²) in [7, 11) is 1.38. The van der Waals surface area contributed by atoms with Crippen molar-refractivity contribution in [3.63, 3.8) is 0 Å². The minimum atomic E-state index is -0.185. The smallest absolute Gasteiger partial charge is 0.305 e. The van der Waals surface area contributed by atoms with Gasteiger partial charge in [-0.2, -0.15) is 0 Å². The molecule has 0 aromatic heterocycles. The van der Waals surface area contributed by atoms with Crippen LogP contribution in [0.5, 0.6) is 0 Å². The number of esters is 1. The zero-order valence-corrected chi connectivity index (χ0v) is 7.90. The lowest BCUT2D eigenvalue weighted by Gasteiger charge is -1.93. The normalized spacial score (nSPS) is 11.2. The van der Waals surface area contributed by atoms with Crippen LogP contribution >= 0.6 is 0 Å². The van der Waals surface area contributed by atoms with E-state index in [4.69, 9.17) is 5.11 Å². The highest BCUT2D eigenvalue weighted by molar-refractivity contribution is 5.69. The molecule has 13 heavy (non-hydrogen) atoms. The highest BCUT2D eigenvalue weighted by Crippen LogP contribution is 1.95. The summed E-state index contributed by atoms with van der Waals surface area (Å²) in [6.45, 7) is 0.0794. The van der Waals surface area contributed by atoms with Gasteiger partial charge in [-0.25, -0.2) is 0 Å². The van der Waals surface area contributed by atoms with Crippen molar-refractivity contribution in [3.05, 3.63) is 24.3 Å². The number of allylic oxidation sites excluding steroid dienone is 3. The lowest BCUT2D eigenvalue weighted by molar-refractivity contribution is -0.140. The molecule has 0 amide bonds. The van der Waals surface area contributed by atoms with E-state index < -0.39 is 0 Å². The van der Waals surface area contributed by atoms with Gasteiger partial charge in [-0.3, -0.25) is 4.79 Å². The van der Waals surface area contributed by atoms with Gasteiger partial charge in [0.05, 0.1) is 13.7 Å². The molecule has 0 rings (SSSR count). The van der Waals surface area contributed by atoms with Gasteiger partial charge >= 0.3 is 5.97 Å². The first-order valence-electron chi connectivity index (χ1n) is 4.29. The minimum absolute atomic E-state index is 0.0794. The molecule has 0 saturated carbocycles. The Hall–Kier alpha value is -1.09. The first-order valence-corrected chi connectivity index (χ1v) is 4.29. The number of aliphatic hydroxyl groups is 1. The van der Waals surface area contributed by atoms with E-state index in [1.165, 1.54) is 7.11 Å². The summed E-state index contributed by atoms with van der Waals surface area (Å²) in [5.74, 6) is -0.185. The summed E-state index contributed by atoms with van der Waals surface area (Å²) in [5.41, 5.74) is 0. The fraction of sp³-hybridized carbons (Fsp3) is 0.500. The standard InChI is InChI=1S/C10H16O3/c1-13-10(12)8-6-4-2-3-5-7-9-11/h2,4-5,7,11H,3,6,8-9H2,1H3/b4-2-,7-5-. The summed E-state index contributed by atoms with van der Waals surface area (Å²) < 4.78 is 4.48. The second kappa shape index (κ2) is 9.00. The topological polar surface area (TPSA) is 46.5 Å². The number of carbonyl (C=O) groups excluding carboxylic acids is 1. The van der Waals surface area contributed by atoms with E-state index in [0.29, 0.717) is 12.8 Å². The quantitative estimate of drug-likeness (QED) is 0.502. The SMILES string of the molecule is COC(=O)CC/C=C\C/C=C\CO. The van der Waals surface area contributed by atoms with Gasteiger partial charge in [-0.15, -0.1) is 0 Å². The molecule has 0 spiro atoms. The number of aliphatic hydroxyl groups excluding tert-OH is 1. The molecule has 0 fully saturated rings. The van der Waals surface area contributed by atoms with E-state index in [9.17, 15) is 4.79 Å². The van der Waals surface area contributed by atoms with Crippen LogP contribution in [-0.4, -0.2) is 24.8 Å². The summed E-state index contributed by atoms with van der Waals surface area (Å²) in [6.07, 6.45) is 9.37. The number of methoxy groups -OCH3 is 1. The molecular formula is C10H16O3. The van der Waals surface area contributed by atoms with Gasteiger partial charge < -0.3 is 9.84 Å². The van der Waals surface area contributed by atoms with Crippen molar-refractivity contribution in [2.75, 3.05) is 13.7 Å². The summed E-state index contributed by atoms with van der Waals surface area (Å²) in [4.78, 5) is 10.6. The molecule has 74 valence electrons. The monoisotopic (exact) mass is 184 g/mol. The van der Waals surface area contributed by atoms with Gasteiger partial charge in [-0.1, -0.05) is 24.3 Å². The molecule has 0 aliphatic heterocycles.